The summed E-state index contributed by atoms with van der Waals surface area (Å²) in [5.74, 6) is 0.530. The molecule has 1 N–H and O–H groups in total. The van der Waals surface area contributed by atoms with Crippen molar-refractivity contribution in [3.05, 3.63) is 33.9 Å². The summed E-state index contributed by atoms with van der Waals surface area (Å²) >= 11 is 0. The van der Waals surface area contributed by atoms with E-state index in [9.17, 15) is 14.3 Å². The third-order valence-electron chi connectivity index (χ3n) is 1.99. The maximum Gasteiger partial charge on any atom is 0.271 e. The summed E-state index contributed by atoms with van der Waals surface area (Å²) < 4.78 is 10.8. The zero-order valence-electron chi connectivity index (χ0n) is 9.23. The van der Waals surface area contributed by atoms with Gasteiger partial charge in [0.2, 0.25) is 0 Å². The minimum Gasteiger partial charge on any atom is -0.384 e. The number of nitrogens with one attached hydrogen (secondary N) is 1. The second kappa shape index (κ2) is 5.60. The third kappa shape index (κ3) is 3.98. The van der Waals surface area contributed by atoms with Crippen molar-refractivity contribution < 1.29 is 9.13 Å². The summed E-state index contributed by atoms with van der Waals surface area (Å²) in [6.07, 6.45) is 1.63. The van der Waals surface area contributed by atoms with Gasteiger partial charge in [0.25, 0.3) is 5.69 Å². The number of non-ortho nitro benzene ring substituents is 1. The first-order valence-electron chi connectivity index (χ1n) is 4.79. The molecule has 0 amide bonds. The number of rotatable bonds is 5. The van der Waals surface area contributed by atoms with Gasteiger partial charge in [-0.15, -0.1) is 0 Å². The van der Waals surface area contributed by atoms with Crippen LogP contribution < -0.4 is 5.32 Å². The van der Waals surface area contributed by atoms with E-state index in [2.05, 4.69) is 5.32 Å². The van der Waals surface area contributed by atoms with Crippen LogP contribution in [0.4, 0.5) is 11.4 Å². The minimum atomic E-state index is -0.855. The average Bonchev–Trinajstić information content (AvgIpc) is 2.16. The Labute approximate surface area is 96.5 Å². The summed E-state index contributed by atoms with van der Waals surface area (Å²) in [4.78, 5) is 10.2. The van der Waals surface area contributed by atoms with Gasteiger partial charge in [0.05, 0.1) is 4.92 Å². The molecule has 0 heterocycles. The highest BCUT2D eigenvalue weighted by molar-refractivity contribution is 7.84. The van der Waals surface area contributed by atoms with E-state index in [4.69, 9.17) is 0 Å². The van der Waals surface area contributed by atoms with E-state index in [1.807, 2.05) is 6.07 Å². The van der Waals surface area contributed by atoms with Crippen LogP contribution in [0.25, 0.3) is 0 Å². The first-order chi connectivity index (χ1) is 7.49. The Morgan fingerprint density at radius 1 is 1.44 bits per heavy atom. The molecule has 0 aliphatic rings. The fourth-order valence-electron chi connectivity index (χ4n) is 1.31. The average molecular weight is 242 g/mol. The quantitative estimate of drug-likeness (QED) is 0.630. The summed E-state index contributed by atoms with van der Waals surface area (Å²) in [6, 6.07) is 4.82. The topological polar surface area (TPSA) is 72.2 Å². The van der Waals surface area contributed by atoms with Gasteiger partial charge in [-0.3, -0.25) is 14.3 Å². The largest absolute Gasteiger partial charge is 0.384 e. The first-order valence-corrected chi connectivity index (χ1v) is 6.52. The SMILES string of the molecule is Cc1cc(NCCS(C)=O)cc([N+](=O)[O-])c1. The molecule has 0 spiro atoms. The molecule has 0 fully saturated rings. The zero-order valence-corrected chi connectivity index (χ0v) is 10.0. The maximum absolute atomic E-state index is 10.8. The number of nitrogens with zero attached hydrogens (tertiary/aromatic N) is 1. The van der Waals surface area contributed by atoms with E-state index in [-0.39, 0.29) is 5.69 Å². The molecule has 0 saturated heterocycles. The van der Waals surface area contributed by atoms with Crippen LogP contribution in [0, 0.1) is 17.0 Å². The Kier molecular flexibility index (Phi) is 4.42. The highest BCUT2D eigenvalue weighted by Crippen LogP contribution is 2.20. The maximum atomic E-state index is 10.8. The number of hydrogen-bond donors (Lipinski definition) is 1. The highest BCUT2D eigenvalue weighted by atomic mass is 32.2. The Bertz CT molecular complexity index is 421. The van der Waals surface area contributed by atoms with Crippen LogP contribution in [0.2, 0.25) is 0 Å². The smallest absolute Gasteiger partial charge is 0.271 e. The van der Waals surface area contributed by atoms with Crippen molar-refractivity contribution in [2.24, 2.45) is 0 Å². The molecule has 0 aliphatic carbocycles. The van der Waals surface area contributed by atoms with Crippen molar-refractivity contribution in [2.75, 3.05) is 23.9 Å². The lowest BCUT2D eigenvalue weighted by atomic mass is 10.2. The molecule has 0 bridgehead atoms. The molecule has 0 saturated carbocycles. The molecule has 88 valence electrons. The molecular weight excluding hydrogens is 228 g/mol. The van der Waals surface area contributed by atoms with Crippen LogP contribution >= 0.6 is 0 Å². The van der Waals surface area contributed by atoms with Crippen LogP contribution in [-0.2, 0) is 10.8 Å². The predicted molar refractivity (Wildman–Crippen MR) is 65.3 cm³/mol. The molecule has 1 unspecified atom stereocenters. The predicted octanol–water partition coefficient (Wildman–Crippen LogP) is 1.69. The Balaban J connectivity index is 2.72. The van der Waals surface area contributed by atoms with E-state index in [1.54, 1.807) is 13.2 Å². The number of anilines is 1. The van der Waals surface area contributed by atoms with Crippen LogP contribution in [0.3, 0.4) is 0 Å². The van der Waals surface area contributed by atoms with Crippen LogP contribution in [0.15, 0.2) is 18.2 Å². The van der Waals surface area contributed by atoms with E-state index in [0.717, 1.165) is 5.56 Å². The van der Waals surface area contributed by atoms with Crippen molar-refractivity contribution in [1.29, 1.82) is 0 Å². The number of aryl methyl sites for hydroxylation is 1. The molecule has 0 aromatic heterocycles. The lowest BCUT2D eigenvalue weighted by Crippen LogP contribution is -2.10. The second-order valence-corrected chi connectivity index (χ2v) is 5.07. The molecule has 1 atom stereocenters. The van der Waals surface area contributed by atoms with Gasteiger partial charge in [-0.25, -0.2) is 0 Å². The first kappa shape index (κ1) is 12.6. The zero-order chi connectivity index (χ0) is 12.1. The standard InChI is InChI=1S/C10H14N2O3S/c1-8-5-9(11-3-4-16(2)15)7-10(6-8)12(13)14/h5-7,11H,3-4H2,1-2H3. The molecule has 1 aromatic rings. The number of nitro benzene ring substituents is 1. The number of benzene rings is 1. The van der Waals surface area contributed by atoms with Gasteiger partial charge in [-0.2, -0.15) is 0 Å². The van der Waals surface area contributed by atoms with Crippen molar-refractivity contribution in [3.63, 3.8) is 0 Å². The molecule has 5 nitrogen and oxygen atoms in total. The van der Waals surface area contributed by atoms with Gasteiger partial charge in [-0.05, 0) is 18.6 Å². The molecule has 6 heteroatoms. The molecule has 0 aliphatic heterocycles. The van der Waals surface area contributed by atoms with Crippen molar-refractivity contribution in [2.45, 2.75) is 6.92 Å². The Morgan fingerprint density at radius 2 is 2.12 bits per heavy atom. The summed E-state index contributed by atoms with van der Waals surface area (Å²) in [6.45, 7) is 2.35. The molecular formula is C10H14N2O3S. The molecule has 0 radical (unpaired) electrons. The Morgan fingerprint density at radius 3 is 2.69 bits per heavy atom. The normalized spacial score (nSPS) is 12.1. The summed E-state index contributed by atoms with van der Waals surface area (Å²) in [7, 11) is -0.855. The summed E-state index contributed by atoms with van der Waals surface area (Å²) in [5.41, 5.74) is 1.59. The highest BCUT2D eigenvalue weighted by Gasteiger charge is 2.07. The van der Waals surface area contributed by atoms with Crippen LogP contribution in [0.1, 0.15) is 5.56 Å². The van der Waals surface area contributed by atoms with E-state index >= 15 is 0 Å². The minimum absolute atomic E-state index is 0.0696. The van der Waals surface area contributed by atoms with Gasteiger partial charge in [-0.1, -0.05) is 0 Å². The van der Waals surface area contributed by atoms with E-state index < -0.39 is 15.7 Å². The fraction of sp³-hybridized carbons (Fsp3) is 0.400. The van der Waals surface area contributed by atoms with Crippen molar-refractivity contribution in [3.8, 4) is 0 Å². The van der Waals surface area contributed by atoms with Gasteiger partial charge in [0.1, 0.15) is 0 Å². The fourth-order valence-corrected chi connectivity index (χ4v) is 1.70. The van der Waals surface area contributed by atoms with Crippen LogP contribution in [0.5, 0.6) is 0 Å². The van der Waals surface area contributed by atoms with Crippen LogP contribution in [-0.4, -0.2) is 27.7 Å². The molecule has 1 rings (SSSR count). The van der Waals surface area contributed by atoms with Gasteiger partial charge in [0.15, 0.2) is 0 Å². The lowest BCUT2D eigenvalue weighted by molar-refractivity contribution is -0.384. The number of nitro groups is 1. The van der Waals surface area contributed by atoms with E-state index in [0.29, 0.717) is 18.0 Å². The Hall–Kier alpha value is -1.43. The molecule has 16 heavy (non-hydrogen) atoms. The third-order valence-corrected chi connectivity index (χ3v) is 2.77. The lowest BCUT2D eigenvalue weighted by Gasteiger charge is -2.06. The summed E-state index contributed by atoms with van der Waals surface area (Å²) in [5, 5.41) is 13.6. The van der Waals surface area contributed by atoms with Gasteiger partial charge in [0, 0.05) is 47.2 Å². The van der Waals surface area contributed by atoms with E-state index in [1.165, 1.54) is 12.1 Å². The monoisotopic (exact) mass is 242 g/mol. The van der Waals surface area contributed by atoms with Gasteiger partial charge < -0.3 is 5.32 Å². The second-order valence-electron chi connectivity index (χ2n) is 3.52. The van der Waals surface area contributed by atoms with Crippen molar-refractivity contribution >= 4 is 22.2 Å². The van der Waals surface area contributed by atoms with Crippen molar-refractivity contribution in [1.82, 2.24) is 0 Å². The molecule has 1 aromatic carbocycles. The van der Waals surface area contributed by atoms with Gasteiger partial charge >= 0.3 is 0 Å². The number of hydrogen-bond acceptors (Lipinski definition) is 4.